The minimum Gasteiger partial charge on any atom is -0.479 e. The first-order valence-corrected chi connectivity index (χ1v) is 5.49. The Kier molecular flexibility index (Phi) is 4.54. The fourth-order valence-electron chi connectivity index (χ4n) is 1.54. The zero-order valence-corrected chi connectivity index (χ0v) is 9.27. The minimum atomic E-state index is -1.41. The molecule has 0 aromatic carbocycles. The normalized spacial score (nSPS) is 24.6. The maximum Gasteiger partial charge on any atom is 0.332 e. The summed E-state index contributed by atoms with van der Waals surface area (Å²) in [7, 11) is 0. The smallest absolute Gasteiger partial charge is 0.332 e. The van der Waals surface area contributed by atoms with Crippen LogP contribution in [-0.2, 0) is 4.79 Å². The van der Waals surface area contributed by atoms with Gasteiger partial charge in [-0.3, -0.25) is 0 Å². The van der Waals surface area contributed by atoms with Gasteiger partial charge in [-0.05, 0) is 12.3 Å². The van der Waals surface area contributed by atoms with Crippen LogP contribution < -0.4 is 10.6 Å². The van der Waals surface area contributed by atoms with Gasteiger partial charge >= 0.3 is 12.0 Å². The molecule has 0 radical (unpaired) electrons. The van der Waals surface area contributed by atoms with E-state index in [9.17, 15) is 9.59 Å². The second kappa shape index (κ2) is 5.69. The molecule has 0 bridgehead atoms. The fraction of sp³-hybridized carbons (Fsp3) is 0.800. The molecular weight excluding hydrogens is 212 g/mol. The van der Waals surface area contributed by atoms with Gasteiger partial charge in [-0.15, -0.1) is 0 Å². The first kappa shape index (κ1) is 12.8. The van der Waals surface area contributed by atoms with E-state index in [1.54, 1.807) is 0 Å². The standard InChI is InChI=1S/C10H18N2O4/c1-2-6-5-7(6)12-10(16)11-4-3-8(13)9(14)15/h6-8,13H,2-5H2,1H3,(H,14,15)(H2,11,12,16)/t6?,7?,8-/m0/s1. The van der Waals surface area contributed by atoms with Crippen LogP contribution in [0.1, 0.15) is 26.2 Å². The molecule has 1 saturated carbocycles. The van der Waals surface area contributed by atoms with Crippen molar-refractivity contribution in [3.63, 3.8) is 0 Å². The minimum absolute atomic E-state index is 0.0185. The molecule has 0 aromatic rings. The molecule has 1 rings (SSSR count). The Labute approximate surface area is 94.0 Å². The third-order valence-corrected chi connectivity index (χ3v) is 2.75. The topological polar surface area (TPSA) is 98.7 Å². The van der Waals surface area contributed by atoms with E-state index in [0.717, 1.165) is 12.8 Å². The molecule has 3 atom stereocenters. The van der Waals surface area contributed by atoms with Gasteiger partial charge in [-0.25, -0.2) is 9.59 Å². The molecule has 16 heavy (non-hydrogen) atoms. The van der Waals surface area contributed by atoms with E-state index >= 15 is 0 Å². The quantitative estimate of drug-likeness (QED) is 0.513. The first-order valence-electron chi connectivity index (χ1n) is 5.49. The van der Waals surface area contributed by atoms with Gasteiger partial charge in [0.1, 0.15) is 0 Å². The molecule has 1 aliphatic rings. The lowest BCUT2D eigenvalue weighted by molar-refractivity contribution is -0.146. The van der Waals surface area contributed by atoms with Crippen molar-refractivity contribution >= 4 is 12.0 Å². The number of carboxylic acids is 1. The number of hydrogen-bond donors (Lipinski definition) is 4. The van der Waals surface area contributed by atoms with Gasteiger partial charge in [0.15, 0.2) is 6.10 Å². The average Bonchev–Trinajstić information content (AvgIpc) is 2.96. The summed E-state index contributed by atoms with van der Waals surface area (Å²) >= 11 is 0. The van der Waals surface area contributed by atoms with Crippen LogP contribution in [0.25, 0.3) is 0 Å². The summed E-state index contributed by atoms with van der Waals surface area (Å²) in [6.07, 6.45) is 0.680. The molecule has 1 fully saturated rings. The Hall–Kier alpha value is -1.30. The van der Waals surface area contributed by atoms with E-state index in [1.165, 1.54) is 0 Å². The second-order valence-corrected chi connectivity index (χ2v) is 4.05. The van der Waals surface area contributed by atoms with Crippen LogP contribution in [-0.4, -0.2) is 40.9 Å². The van der Waals surface area contributed by atoms with E-state index in [2.05, 4.69) is 17.6 Å². The van der Waals surface area contributed by atoms with Gasteiger partial charge in [0.25, 0.3) is 0 Å². The number of urea groups is 1. The number of amides is 2. The van der Waals surface area contributed by atoms with E-state index < -0.39 is 12.1 Å². The summed E-state index contributed by atoms with van der Waals surface area (Å²) < 4.78 is 0. The molecule has 0 aromatic heterocycles. The van der Waals surface area contributed by atoms with Crippen LogP contribution >= 0.6 is 0 Å². The lowest BCUT2D eigenvalue weighted by atomic mass is 10.2. The van der Waals surface area contributed by atoms with E-state index in [-0.39, 0.29) is 25.0 Å². The highest BCUT2D eigenvalue weighted by Crippen LogP contribution is 2.32. The highest BCUT2D eigenvalue weighted by atomic mass is 16.4. The summed E-state index contributed by atoms with van der Waals surface area (Å²) in [4.78, 5) is 21.5. The van der Waals surface area contributed by atoms with Gasteiger partial charge in [0, 0.05) is 19.0 Å². The van der Waals surface area contributed by atoms with Crippen LogP contribution in [0.3, 0.4) is 0 Å². The number of carbonyl (C=O) groups excluding carboxylic acids is 1. The monoisotopic (exact) mass is 230 g/mol. The Bertz CT molecular complexity index is 270. The Morgan fingerprint density at radius 2 is 2.19 bits per heavy atom. The van der Waals surface area contributed by atoms with E-state index in [1.807, 2.05) is 0 Å². The number of nitrogens with one attached hydrogen (secondary N) is 2. The lowest BCUT2D eigenvalue weighted by Crippen LogP contribution is -2.39. The van der Waals surface area contributed by atoms with Crippen molar-refractivity contribution < 1.29 is 19.8 Å². The summed E-state index contributed by atoms with van der Waals surface area (Å²) in [5.74, 6) is -0.689. The zero-order valence-electron chi connectivity index (χ0n) is 9.27. The van der Waals surface area contributed by atoms with Gasteiger partial charge in [0.05, 0.1) is 0 Å². The van der Waals surface area contributed by atoms with Gasteiger partial charge in [-0.2, -0.15) is 0 Å². The maximum absolute atomic E-state index is 11.3. The molecule has 0 spiro atoms. The molecule has 0 saturated heterocycles. The van der Waals surface area contributed by atoms with Gasteiger partial charge in [0.2, 0.25) is 0 Å². The molecule has 0 aliphatic heterocycles. The predicted molar refractivity (Wildman–Crippen MR) is 57.0 cm³/mol. The average molecular weight is 230 g/mol. The van der Waals surface area contributed by atoms with Crippen LogP contribution in [0.2, 0.25) is 0 Å². The van der Waals surface area contributed by atoms with Crippen LogP contribution in [0.5, 0.6) is 0 Å². The molecule has 4 N–H and O–H groups in total. The third kappa shape index (κ3) is 4.06. The number of aliphatic hydroxyl groups is 1. The van der Waals surface area contributed by atoms with Crippen molar-refractivity contribution in [2.75, 3.05) is 6.54 Å². The molecule has 1 aliphatic carbocycles. The maximum atomic E-state index is 11.3. The van der Waals surface area contributed by atoms with Crippen LogP contribution in [0, 0.1) is 5.92 Å². The molecule has 92 valence electrons. The molecule has 6 nitrogen and oxygen atoms in total. The first-order chi connectivity index (χ1) is 7.54. The molecule has 2 amide bonds. The van der Waals surface area contributed by atoms with E-state index in [4.69, 9.17) is 10.2 Å². The summed E-state index contributed by atoms with van der Waals surface area (Å²) in [5.41, 5.74) is 0. The number of aliphatic carboxylic acids is 1. The SMILES string of the molecule is CCC1CC1NC(=O)NCC[C@H](O)C(=O)O. The molecular formula is C10H18N2O4. The molecule has 2 unspecified atom stereocenters. The number of carboxylic acid groups (broad SMARTS) is 1. The highest BCUT2D eigenvalue weighted by Gasteiger charge is 2.36. The summed E-state index contributed by atoms with van der Waals surface area (Å²) in [5, 5.41) is 22.6. The Morgan fingerprint density at radius 3 is 2.69 bits per heavy atom. The highest BCUT2D eigenvalue weighted by molar-refractivity contribution is 5.75. The van der Waals surface area contributed by atoms with Crippen molar-refractivity contribution in [1.29, 1.82) is 0 Å². The lowest BCUT2D eigenvalue weighted by Gasteiger charge is -2.08. The number of carbonyl (C=O) groups is 2. The van der Waals surface area contributed by atoms with Crippen molar-refractivity contribution in [3.05, 3.63) is 0 Å². The van der Waals surface area contributed by atoms with Crippen molar-refractivity contribution in [2.45, 2.75) is 38.3 Å². The Balaban J connectivity index is 2.05. The largest absolute Gasteiger partial charge is 0.479 e. The second-order valence-electron chi connectivity index (χ2n) is 4.05. The van der Waals surface area contributed by atoms with E-state index in [0.29, 0.717) is 5.92 Å². The van der Waals surface area contributed by atoms with Crippen LogP contribution in [0.15, 0.2) is 0 Å². The van der Waals surface area contributed by atoms with Crippen molar-refractivity contribution in [2.24, 2.45) is 5.92 Å². The van der Waals surface area contributed by atoms with Gasteiger partial charge in [-0.1, -0.05) is 13.3 Å². The zero-order chi connectivity index (χ0) is 12.1. The molecule has 0 heterocycles. The summed E-state index contributed by atoms with van der Waals surface area (Å²) in [6, 6.07) is -0.0343. The number of hydrogen-bond acceptors (Lipinski definition) is 3. The third-order valence-electron chi connectivity index (χ3n) is 2.75. The predicted octanol–water partition coefficient (Wildman–Crippen LogP) is -0.0803. The van der Waals surface area contributed by atoms with Gasteiger partial charge < -0.3 is 20.8 Å². The van der Waals surface area contributed by atoms with Crippen LogP contribution in [0.4, 0.5) is 4.79 Å². The summed E-state index contributed by atoms with van der Waals surface area (Å²) in [6.45, 7) is 2.23. The van der Waals surface area contributed by atoms with Crippen molar-refractivity contribution in [1.82, 2.24) is 10.6 Å². The fourth-order valence-corrected chi connectivity index (χ4v) is 1.54. The Morgan fingerprint density at radius 1 is 1.50 bits per heavy atom. The number of rotatable bonds is 6. The van der Waals surface area contributed by atoms with Crippen molar-refractivity contribution in [3.8, 4) is 0 Å². The molecule has 6 heteroatoms. The number of aliphatic hydroxyl groups excluding tert-OH is 1.